The Morgan fingerprint density at radius 1 is 1.41 bits per heavy atom. The molecule has 17 heavy (non-hydrogen) atoms. The van der Waals surface area contributed by atoms with Gasteiger partial charge in [-0.15, -0.1) is 0 Å². The third-order valence-electron chi connectivity index (χ3n) is 3.81. The quantitative estimate of drug-likeness (QED) is 0.850. The summed E-state index contributed by atoms with van der Waals surface area (Å²) in [5.41, 5.74) is 6.94. The van der Waals surface area contributed by atoms with E-state index in [9.17, 15) is 4.39 Å². The van der Waals surface area contributed by atoms with Crippen LogP contribution in [0.1, 0.15) is 24.9 Å². The third-order valence-corrected chi connectivity index (χ3v) is 3.81. The summed E-state index contributed by atoms with van der Waals surface area (Å²) in [6, 6.07) is 6.87. The molecule has 0 aliphatic heterocycles. The van der Waals surface area contributed by atoms with E-state index < -0.39 is 0 Å². The summed E-state index contributed by atoms with van der Waals surface area (Å²) in [5.74, 6) is 1.47. The summed E-state index contributed by atoms with van der Waals surface area (Å²) in [5, 5.41) is 0. The van der Waals surface area contributed by atoms with Crippen LogP contribution in [0.15, 0.2) is 24.3 Å². The second kappa shape index (κ2) is 5.15. The van der Waals surface area contributed by atoms with E-state index in [0.717, 1.165) is 23.9 Å². The zero-order valence-corrected chi connectivity index (χ0v) is 10.6. The van der Waals surface area contributed by atoms with Crippen LogP contribution in [0.5, 0.6) is 0 Å². The Morgan fingerprint density at radius 3 is 2.47 bits per heavy atom. The van der Waals surface area contributed by atoms with Gasteiger partial charge in [-0.05, 0) is 43.0 Å². The van der Waals surface area contributed by atoms with Crippen molar-refractivity contribution in [3.63, 3.8) is 0 Å². The first kappa shape index (κ1) is 12.5. The maximum absolute atomic E-state index is 12.9. The van der Waals surface area contributed by atoms with Crippen LogP contribution in [0, 0.1) is 17.7 Å². The SMILES string of the molecule is CC1CC1CN(C)C(CN)c1ccc(F)cc1. The molecule has 1 aromatic rings. The van der Waals surface area contributed by atoms with Gasteiger partial charge in [-0.1, -0.05) is 19.1 Å². The van der Waals surface area contributed by atoms with Gasteiger partial charge >= 0.3 is 0 Å². The van der Waals surface area contributed by atoms with E-state index in [1.165, 1.54) is 18.6 Å². The topological polar surface area (TPSA) is 29.3 Å². The van der Waals surface area contributed by atoms with Crippen molar-refractivity contribution < 1.29 is 4.39 Å². The first-order valence-corrected chi connectivity index (χ1v) is 6.27. The van der Waals surface area contributed by atoms with Crippen molar-refractivity contribution >= 4 is 0 Å². The van der Waals surface area contributed by atoms with Crippen LogP contribution in [0.3, 0.4) is 0 Å². The van der Waals surface area contributed by atoms with E-state index in [1.807, 2.05) is 12.1 Å². The zero-order chi connectivity index (χ0) is 12.4. The number of halogens is 1. The highest BCUT2D eigenvalue weighted by Crippen LogP contribution is 2.39. The molecule has 0 bridgehead atoms. The normalized spacial score (nSPS) is 25.0. The van der Waals surface area contributed by atoms with Crippen LogP contribution in [-0.2, 0) is 0 Å². The molecular weight excluding hydrogens is 215 g/mol. The van der Waals surface area contributed by atoms with E-state index >= 15 is 0 Å². The van der Waals surface area contributed by atoms with E-state index in [0.29, 0.717) is 6.54 Å². The fourth-order valence-electron chi connectivity index (χ4n) is 2.41. The summed E-state index contributed by atoms with van der Waals surface area (Å²) in [6.07, 6.45) is 1.32. The minimum absolute atomic E-state index is 0.192. The summed E-state index contributed by atoms with van der Waals surface area (Å²) in [4.78, 5) is 2.29. The molecule has 94 valence electrons. The molecule has 0 amide bonds. The van der Waals surface area contributed by atoms with Crippen LogP contribution < -0.4 is 5.73 Å². The van der Waals surface area contributed by atoms with Crippen LogP contribution in [0.25, 0.3) is 0 Å². The predicted molar refractivity (Wildman–Crippen MR) is 68.1 cm³/mol. The number of hydrogen-bond donors (Lipinski definition) is 1. The third kappa shape index (κ3) is 3.05. The first-order valence-electron chi connectivity index (χ1n) is 6.27. The molecule has 2 rings (SSSR count). The van der Waals surface area contributed by atoms with Gasteiger partial charge < -0.3 is 5.73 Å². The number of rotatable bonds is 5. The Bertz CT molecular complexity index is 363. The molecule has 1 saturated carbocycles. The van der Waals surface area contributed by atoms with Gasteiger partial charge in [0.25, 0.3) is 0 Å². The van der Waals surface area contributed by atoms with Crippen molar-refractivity contribution in [2.75, 3.05) is 20.1 Å². The highest BCUT2D eigenvalue weighted by molar-refractivity contribution is 5.20. The minimum atomic E-state index is -0.192. The molecule has 2 N–H and O–H groups in total. The number of nitrogens with two attached hydrogens (primary N) is 1. The Balaban J connectivity index is 2.01. The second-order valence-corrected chi connectivity index (χ2v) is 5.22. The van der Waals surface area contributed by atoms with Crippen LogP contribution >= 0.6 is 0 Å². The monoisotopic (exact) mass is 236 g/mol. The molecule has 0 aromatic heterocycles. The lowest BCUT2D eigenvalue weighted by Crippen LogP contribution is -2.32. The molecule has 1 fully saturated rings. The highest BCUT2D eigenvalue weighted by atomic mass is 19.1. The summed E-state index contributed by atoms with van der Waals surface area (Å²) in [6.45, 7) is 3.94. The van der Waals surface area contributed by atoms with E-state index in [-0.39, 0.29) is 11.9 Å². The summed E-state index contributed by atoms with van der Waals surface area (Å²) < 4.78 is 12.9. The zero-order valence-electron chi connectivity index (χ0n) is 10.6. The maximum atomic E-state index is 12.9. The minimum Gasteiger partial charge on any atom is -0.329 e. The van der Waals surface area contributed by atoms with E-state index in [1.54, 1.807) is 0 Å². The lowest BCUT2D eigenvalue weighted by Gasteiger charge is -2.27. The number of nitrogens with zero attached hydrogens (tertiary/aromatic N) is 1. The van der Waals surface area contributed by atoms with Crippen molar-refractivity contribution in [1.82, 2.24) is 4.90 Å². The number of likely N-dealkylation sites (N-methyl/N-ethyl adjacent to an activating group) is 1. The van der Waals surface area contributed by atoms with Gasteiger partial charge in [-0.2, -0.15) is 0 Å². The Kier molecular flexibility index (Phi) is 3.79. The highest BCUT2D eigenvalue weighted by Gasteiger charge is 2.34. The molecule has 3 heteroatoms. The van der Waals surface area contributed by atoms with Gasteiger partial charge in [0.2, 0.25) is 0 Å². The molecule has 0 spiro atoms. The Hall–Kier alpha value is -0.930. The maximum Gasteiger partial charge on any atom is 0.123 e. The van der Waals surface area contributed by atoms with Gasteiger partial charge in [0.1, 0.15) is 5.82 Å². The predicted octanol–water partition coefficient (Wildman–Crippen LogP) is 2.41. The number of benzene rings is 1. The fourth-order valence-corrected chi connectivity index (χ4v) is 2.41. The van der Waals surface area contributed by atoms with Crippen LogP contribution in [-0.4, -0.2) is 25.0 Å². The van der Waals surface area contributed by atoms with Crippen molar-refractivity contribution in [1.29, 1.82) is 0 Å². The van der Waals surface area contributed by atoms with E-state index in [2.05, 4.69) is 18.9 Å². The van der Waals surface area contributed by atoms with Crippen molar-refractivity contribution in [2.24, 2.45) is 17.6 Å². The van der Waals surface area contributed by atoms with Gasteiger partial charge in [0.15, 0.2) is 0 Å². The smallest absolute Gasteiger partial charge is 0.123 e. The molecule has 3 unspecified atom stereocenters. The van der Waals surface area contributed by atoms with Crippen molar-refractivity contribution in [3.8, 4) is 0 Å². The molecule has 0 saturated heterocycles. The van der Waals surface area contributed by atoms with Crippen LogP contribution in [0.4, 0.5) is 4.39 Å². The van der Waals surface area contributed by atoms with Crippen LogP contribution in [0.2, 0.25) is 0 Å². The fraction of sp³-hybridized carbons (Fsp3) is 0.571. The first-order chi connectivity index (χ1) is 8.11. The average molecular weight is 236 g/mol. The Morgan fingerprint density at radius 2 is 2.00 bits per heavy atom. The van der Waals surface area contributed by atoms with E-state index in [4.69, 9.17) is 5.73 Å². The lowest BCUT2D eigenvalue weighted by atomic mass is 10.1. The molecular formula is C14H21FN2. The number of hydrogen-bond acceptors (Lipinski definition) is 2. The lowest BCUT2D eigenvalue weighted by molar-refractivity contribution is 0.237. The molecule has 1 aromatic carbocycles. The van der Waals surface area contributed by atoms with Gasteiger partial charge in [0, 0.05) is 19.1 Å². The molecule has 3 atom stereocenters. The largest absolute Gasteiger partial charge is 0.329 e. The molecule has 2 nitrogen and oxygen atoms in total. The van der Waals surface area contributed by atoms with Crippen molar-refractivity contribution in [3.05, 3.63) is 35.6 Å². The molecule has 0 heterocycles. The summed E-state index contributed by atoms with van der Waals surface area (Å²) >= 11 is 0. The molecule has 1 aliphatic rings. The molecule has 0 radical (unpaired) electrons. The van der Waals surface area contributed by atoms with Gasteiger partial charge in [0.05, 0.1) is 0 Å². The van der Waals surface area contributed by atoms with Gasteiger partial charge in [-0.25, -0.2) is 4.39 Å². The average Bonchev–Trinajstić information content (AvgIpc) is 2.98. The summed E-state index contributed by atoms with van der Waals surface area (Å²) in [7, 11) is 2.10. The Labute approximate surface area is 103 Å². The second-order valence-electron chi connectivity index (χ2n) is 5.22. The molecule has 1 aliphatic carbocycles. The van der Waals surface area contributed by atoms with Crippen molar-refractivity contribution in [2.45, 2.75) is 19.4 Å². The van der Waals surface area contributed by atoms with Gasteiger partial charge in [-0.3, -0.25) is 4.90 Å². The standard InChI is InChI=1S/C14H21FN2/c1-10-7-12(10)9-17(2)14(8-16)11-3-5-13(15)6-4-11/h3-6,10,12,14H,7-9,16H2,1-2H3.